The molecular formula is C9H13. The van der Waals surface area contributed by atoms with Crippen molar-refractivity contribution in [3.05, 3.63) is 24.3 Å². The molecule has 9 heavy (non-hydrogen) atoms. The van der Waals surface area contributed by atoms with Crippen molar-refractivity contribution in [3.63, 3.8) is 0 Å². The maximum Gasteiger partial charge on any atom is -0.0159 e. The van der Waals surface area contributed by atoms with Gasteiger partial charge in [-0.15, -0.1) is 0 Å². The predicted molar refractivity (Wildman–Crippen MR) is 40.0 cm³/mol. The van der Waals surface area contributed by atoms with E-state index in [9.17, 15) is 0 Å². The number of hydrogen-bond acceptors (Lipinski definition) is 0. The summed E-state index contributed by atoms with van der Waals surface area (Å²) in [6, 6.07) is 0. The van der Waals surface area contributed by atoms with Gasteiger partial charge in [-0.05, 0) is 31.3 Å². The van der Waals surface area contributed by atoms with Crippen LogP contribution in [0.4, 0.5) is 0 Å². The van der Waals surface area contributed by atoms with Gasteiger partial charge in [0.1, 0.15) is 0 Å². The topological polar surface area (TPSA) is 0 Å². The van der Waals surface area contributed by atoms with Crippen molar-refractivity contribution >= 4 is 0 Å². The summed E-state index contributed by atoms with van der Waals surface area (Å²) >= 11 is 0. The molecule has 0 N–H and O–H groups in total. The van der Waals surface area contributed by atoms with E-state index in [-0.39, 0.29) is 0 Å². The van der Waals surface area contributed by atoms with Gasteiger partial charge in [0.15, 0.2) is 0 Å². The SMILES string of the molecule is CCC1[C]=CC=CCC1. The van der Waals surface area contributed by atoms with E-state index in [2.05, 4.69) is 25.2 Å². The summed E-state index contributed by atoms with van der Waals surface area (Å²) in [5, 5.41) is 0. The van der Waals surface area contributed by atoms with Crippen molar-refractivity contribution in [1.29, 1.82) is 0 Å². The maximum absolute atomic E-state index is 3.32. The first-order valence-corrected chi connectivity index (χ1v) is 3.68. The van der Waals surface area contributed by atoms with E-state index in [1.807, 2.05) is 6.08 Å². The minimum Gasteiger partial charge on any atom is -0.0845 e. The third kappa shape index (κ3) is 2.05. The van der Waals surface area contributed by atoms with E-state index in [0.29, 0.717) is 5.92 Å². The summed E-state index contributed by atoms with van der Waals surface area (Å²) in [7, 11) is 0. The van der Waals surface area contributed by atoms with Gasteiger partial charge >= 0.3 is 0 Å². The first-order chi connectivity index (χ1) is 4.43. The van der Waals surface area contributed by atoms with Crippen LogP contribution in [0.2, 0.25) is 0 Å². The molecule has 0 aromatic rings. The lowest BCUT2D eigenvalue weighted by Crippen LogP contribution is -1.91. The van der Waals surface area contributed by atoms with Crippen LogP contribution in [-0.4, -0.2) is 0 Å². The first kappa shape index (κ1) is 6.60. The third-order valence-corrected chi connectivity index (χ3v) is 1.74. The van der Waals surface area contributed by atoms with Gasteiger partial charge in [0.2, 0.25) is 0 Å². The highest BCUT2D eigenvalue weighted by molar-refractivity contribution is 5.03. The molecule has 0 saturated carbocycles. The summed E-state index contributed by atoms with van der Waals surface area (Å²) in [5.41, 5.74) is 0. The zero-order valence-electron chi connectivity index (χ0n) is 5.93. The first-order valence-electron chi connectivity index (χ1n) is 3.68. The molecule has 1 atom stereocenters. The van der Waals surface area contributed by atoms with E-state index in [4.69, 9.17) is 0 Å². The fraction of sp³-hybridized carbons (Fsp3) is 0.556. The Labute approximate surface area is 57.3 Å². The highest BCUT2D eigenvalue weighted by Gasteiger charge is 2.00. The van der Waals surface area contributed by atoms with Crippen LogP contribution < -0.4 is 0 Å². The molecule has 0 aromatic heterocycles. The molecule has 0 saturated heterocycles. The number of hydrogen-bond donors (Lipinski definition) is 0. The lowest BCUT2D eigenvalue weighted by Gasteiger charge is -2.03. The molecule has 0 aromatic carbocycles. The second-order valence-electron chi connectivity index (χ2n) is 2.44. The molecule has 1 unspecified atom stereocenters. The monoisotopic (exact) mass is 121 g/mol. The number of rotatable bonds is 1. The molecule has 0 spiro atoms. The summed E-state index contributed by atoms with van der Waals surface area (Å²) in [6.07, 6.45) is 13.4. The Morgan fingerprint density at radius 3 is 3.33 bits per heavy atom. The summed E-state index contributed by atoms with van der Waals surface area (Å²) in [4.78, 5) is 0. The van der Waals surface area contributed by atoms with Gasteiger partial charge in [-0.25, -0.2) is 0 Å². The predicted octanol–water partition coefficient (Wildman–Crippen LogP) is 2.72. The van der Waals surface area contributed by atoms with Gasteiger partial charge in [-0.1, -0.05) is 25.2 Å². The molecule has 0 amide bonds. The normalized spacial score (nSPS) is 26.1. The lowest BCUT2D eigenvalue weighted by molar-refractivity contribution is 0.568. The van der Waals surface area contributed by atoms with Crippen molar-refractivity contribution < 1.29 is 0 Å². The van der Waals surface area contributed by atoms with Crippen LogP contribution in [0, 0.1) is 12.0 Å². The minimum absolute atomic E-state index is 0.708. The molecular weight excluding hydrogens is 108 g/mol. The van der Waals surface area contributed by atoms with E-state index in [1.54, 1.807) is 0 Å². The van der Waals surface area contributed by atoms with Gasteiger partial charge in [0.05, 0.1) is 0 Å². The molecule has 0 heterocycles. The molecule has 0 bridgehead atoms. The van der Waals surface area contributed by atoms with E-state index < -0.39 is 0 Å². The van der Waals surface area contributed by atoms with Crippen molar-refractivity contribution in [2.45, 2.75) is 26.2 Å². The summed E-state index contributed by atoms with van der Waals surface area (Å²) in [6.45, 7) is 2.22. The van der Waals surface area contributed by atoms with Crippen LogP contribution in [0.25, 0.3) is 0 Å². The fourth-order valence-electron chi connectivity index (χ4n) is 1.06. The van der Waals surface area contributed by atoms with Crippen LogP contribution in [0.3, 0.4) is 0 Å². The van der Waals surface area contributed by atoms with Crippen molar-refractivity contribution in [2.75, 3.05) is 0 Å². The molecule has 1 radical (unpaired) electrons. The molecule has 0 heteroatoms. The van der Waals surface area contributed by atoms with E-state index >= 15 is 0 Å². The number of allylic oxidation sites excluding steroid dienone is 4. The molecule has 0 nitrogen and oxygen atoms in total. The highest BCUT2D eigenvalue weighted by atomic mass is 14.1. The van der Waals surface area contributed by atoms with Gasteiger partial charge in [-0.2, -0.15) is 0 Å². The molecule has 0 fully saturated rings. The second-order valence-corrected chi connectivity index (χ2v) is 2.44. The molecule has 49 valence electrons. The summed E-state index contributed by atoms with van der Waals surface area (Å²) < 4.78 is 0. The van der Waals surface area contributed by atoms with Crippen molar-refractivity contribution in [1.82, 2.24) is 0 Å². The van der Waals surface area contributed by atoms with Crippen LogP contribution in [0.1, 0.15) is 26.2 Å². The zero-order valence-corrected chi connectivity index (χ0v) is 5.93. The average molecular weight is 121 g/mol. The molecule has 1 rings (SSSR count). The standard InChI is InChI=1S/C9H13/c1-2-9-7-5-3-4-6-8-9/h3-5,9H,2,6,8H2,1H3. The van der Waals surface area contributed by atoms with Gasteiger partial charge in [0, 0.05) is 0 Å². The smallest absolute Gasteiger partial charge is 0.0159 e. The average Bonchev–Trinajstić information content (AvgIpc) is 2.13. The van der Waals surface area contributed by atoms with E-state index in [1.165, 1.54) is 19.3 Å². The Morgan fingerprint density at radius 1 is 1.67 bits per heavy atom. The van der Waals surface area contributed by atoms with Crippen molar-refractivity contribution in [3.8, 4) is 0 Å². The Bertz CT molecular complexity index is 120. The fourth-order valence-corrected chi connectivity index (χ4v) is 1.06. The Kier molecular flexibility index (Phi) is 2.56. The second kappa shape index (κ2) is 3.49. The molecule has 1 aliphatic rings. The van der Waals surface area contributed by atoms with Crippen LogP contribution in [-0.2, 0) is 0 Å². The zero-order chi connectivity index (χ0) is 6.53. The maximum atomic E-state index is 3.32. The van der Waals surface area contributed by atoms with Gasteiger partial charge < -0.3 is 0 Å². The van der Waals surface area contributed by atoms with Gasteiger partial charge in [-0.3, -0.25) is 0 Å². The lowest BCUT2D eigenvalue weighted by atomic mass is 10.0. The van der Waals surface area contributed by atoms with Gasteiger partial charge in [0.25, 0.3) is 0 Å². The largest absolute Gasteiger partial charge is 0.0845 e. The Hall–Kier alpha value is -0.520. The quantitative estimate of drug-likeness (QED) is 0.500. The Balaban J connectivity index is 2.41. The third-order valence-electron chi connectivity index (χ3n) is 1.74. The highest BCUT2D eigenvalue weighted by Crippen LogP contribution is 2.14. The van der Waals surface area contributed by atoms with Crippen LogP contribution in [0.5, 0.6) is 0 Å². The summed E-state index contributed by atoms with van der Waals surface area (Å²) in [5.74, 6) is 0.708. The molecule has 0 aliphatic heterocycles. The van der Waals surface area contributed by atoms with E-state index in [0.717, 1.165) is 0 Å². The molecule has 1 aliphatic carbocycles. The van der Waals surface area contributed by atoms with Crippen LogP contribution >= 0.6 is 0 Å². The minimum atomic E-state index is 0.708. The Morgan fingerprint density at radius 2 is 2.56 bits per heavy atom. The van der Waals surface area contributed by atoms with Crippen molar-refractivity contribution in [2.24, 2.45) is 5.92 Å². The van der Waals surface area contributed by atoms with Crippen LogP contribution in [0.15, 0.2) is 18.2 Å².